The van der Waals surface area contributed by atoms with Gasteiger partial charge >= 0.3 is 0 Å². The van der Waals surface area contributed by atoms with Crippen LogP contribution in [0.25, 0.3) is 0 Å². The van der Waals surface area contributed by atoms with Gasteiger partial charge in [-0.2, -0.15) is 0 Å². The molecule has 0 unspecified atom stereocenters. The van der Waals surface area contributed by atoms with E-state index in [0.29, 0.717) is 35.0 Å². The van der Waals surface area contributed by atoms with Crippen LogP contribution in [-0.2, 0) is 19.1 Å². The first-order chi connectivity index (χ1) is 18.0. The summed E-state index contributed by atoms with van der Waals surface area (Å²) in [7, 11) is 0. The minimum absolute atomic E-state index is 0.0664. The molecule has 3 amide bonds. The Morgan fingerprint density at radius 2 is 1.97 bits per heavy atom. The lowest BCUT2D eigenvalue weighted by Crippen LogP contribution is -2.58. The highest BCUT2D eigenvalue weighted by Gasteiger charge is 2.72. The second-order valence-corrected chi connectivity index (χ2v) is 12.7. The number of hydrogen-bond acceptors (Lipinski definition) is 4. The third-order valence-corrected chi connectivity index (χ3v) is 9.75. The summed E-state index contributed by atoms with van der Waals surface area (Å²) < 4.78 is 6.46. The number of amides is 3. The number of hydrogen-bond donors (Lipinski definition) is 2. The van der Waals surface area contributed by atoms with Gasteiger partial charge in [0.15, 0.2) is 0 Å². The summed E-state index contributed by atoms with van der Waals surface area (Å²) >= 11 is 6.27. The number of carbonyl (C=O) groups is 3. The lowest BCUT2D eigenvalue weighted by Gasteiger charge is -2.38. The Morgan fingerprint density at radius 1 is 1.21 bits per heavy atom. The van der Waals surface area contributed by atoms with Gasteiger partial charge in [-0.25, -0.2) is 0 Å². The third kappa shape index (κ3) is 4.56. The molecule has 8 atom stereocenters. The molecule has 2 N–H and O–H groups in total. The van der Waals surface area contributed by atoms with E-state index < -0.39 is 29.6 Å². The predicted octanol–water partition coefficient (Wildman–Crippen LogP) is 4.72. The van der Waals surface area contributed by atoms with Gasteiger partial charge in [0.1, 0.15) is 11.6 Å². The van der Waals surface area contributed by atoms with Crippen LogP contribution in [0.2, 0.25) is 5.02 Å². The Hall–Kier alpha value is -2.38. The van der Waals surface area contributed by atoms with Gasteiger partial charge in [-0.1, -0.05) is 70.4 Å². The van der Waals surface area contributed by atoms with Gasteiger partial charge in [-0.3, -0.25) is 14.4 Å². The monoisotopic (exact) mass is 541 g/mol. The molecule has 1 saturated carbocycles. The Kier molecular flexibility index (Phi) is 7.38. The van der Waals surface area contributed by atoms with Crippen LogP contribution in [0.3, 0.4) is 0 Å². The molecule has 1 spiro atoms. The Bertz CT molecular complexity index is 1150. The molecule has 0 radical (unpaired) electrons. The fourth-order valence-corrected chi connectivity index (χ4v) is 7.03. The van der Waals surface area contributed by atoms with Crippen LogP contribution in [0.1, 0.15) is 58.9 Å². The van der Waals surface area contributed by atoms with Crippen LogP contribution in [0.5, 0.6) is 0 Å². The maximum atomic E-state index is 14.0. The van der Waals surface area contributed by atoms with Crippen molar-refractivity contribution in [2.45, 2.75) is 84.1 Å². The Morgan fingerprint density at radius 3 is 2.68 bits per heavy atom. The van der Waals surface area contributed by atoms with Crippen LogP contribution >= 0.6 is 11.6 Å². The van der Waals surface area contributed by atoms with Crippen molar-refractivity contribution in [3.63, 3.8) is 0 Å². The highest BCUT2D eigenvalue weighted by molar-refractivity contribution is 6.31. The maximum Gasteiger partial charge on any atom is 0.246 e. The van der Waals surface area contributed by atoms with E-state index in [9.17, 15) is 14.4 Å². The molecule has 38 heavy (non-hydrogen) atoms. The van der Waals surface area contributed by atoms with Crippen LogP contribution in [0.15, 0.2) is 30.4 Å². The van der Waals surface area contributed by atoms with Gasteiger partial charge < -0.3 is 20.3 Å². The van der Waals surface area contributed by atoms with Crippen molar-refractivity contribution in [1.82, 2.24) is 10.2 Å². The van der Waals surface area contributed by atoms with Crippen molar-refractivity contribution < 1.29 is 19.1 Å². The molecule has 4 aliphatic rings. The molecule has 1 aliphatic carbocycles. The number of rotatable bonds is 7. The molecule has 1 aromatic rings. The van der Waals surface area contributed by atoms with E-state index in [-0.39, 0.29) is 23.8 Å². The third-order valence-electron chi connectivity index (χ3n) is 9.35. The number of ether oxygens (including phenoxy) is 1. The number of halogens is 1. The second-order valence-electron chi connectivity index (χ2n) is 12.3. The highest BCUT2D eigenvalue weighted by atomic mass is 35.5. The average molecular weight is 542 g/mol. The first-order valence-electron chi connectivity index (χ1n) is 14.1. The summed E-state index contributed by atoms with van der Waals surface area (Å²) in [6, 6.07) is 4.63. The number of fused-ring (bicyclic) bond motifs is 1. The average Bonchev–Trinajstić information content (AvgIpc) is 3.50. The molecule has 1 aromatic carbocycles. The zero-order valence-electron chi connectivity index (χ0n) is 23.0. The van der Waals surface area contributed by atoms with Gasteiger partial charge in [0.05, 0.1) is 17.9 Å². The topological polar surface area (TPSA) is 87.7 Å². The molecular formula is C30H40ClN3O4. The Labute approximate surface area is 230 Å². The molecular weight excluding hydrogens is 502 g/mol. The van der Waals surface area contributed by atoms with Crippen LogP contribution in [0, 0.1) is 36.5 Å². The lowest BCUT2D eigenvalue weighted by atomic mass is 9.73. The second kappa shape index (κ2) is 10.3. The minimum atomic E-state index is -1.14. The van der Waals surface area contributed by atoms with Crippen molar-refractivity contribution in [1.29, 1.82) is 0 Å². The molecule has 8 heteroatoms. The summed E-state index contributed by atoms with van der Waals surface area (Å²) in [5.74, 6) is -0.856. The molecule has 5 rings (SSSR count). The number of likely N-dealkylation sites (tertiary alicyclic amines) is 1. The van der Waals surface area contributed by atoms with Crippen molar-refractivity contribution in [3.8, 4) is 0 Å². The van der Waals surface area contributed by atoms with Crippen molar-refractivity contribution in [3.05, 3.63) is 40.9 Å². The van der Waals surface area contributed by atoms with E-state index in [4.69, 9.17) is 16.3 Å². The van der Waals surface area contributed by atoms with Crippen molar-refractivity contribution in [2.24, 2.45) is 29.6 Å². The highest BCUT2D eigenvalue weighted by Crippen LogP contribution is 2.55. The largest absolute Gasteiger partial charge is 0.359 e. The maximum absolute atomic E-state index is 14.0. The summed E-state index contributed by atoms with van der Waals surface area (Å²) in [4.78, 5) is 43.3. The first-order valence-corrected chi connectivity index (χ1v) is 14.5. The van der Waals surface area contributed by atoms with Gasteiger partial charge in [-0.05, 0) is 55.2 Å². The SMILES string of the molecule is Cc1ccc(NC(=O)[C@H]2[C@H]3C=C[C@@]4(O3)[C@H]2C(=O)N(CCC(C)C)[C@@H]4C(=O)N[C@@H]2CCC[C@H](C)[C@H]2C)cc1Cl. The van der Waals surface area contributed by atoms with Crippen LogP contribution < -0.4 is 10.6 Å². The van der Waals surface area contributed by atoms with Crippen molar-refractivity contribution >= 4 is 35.0 Å². The van der Waals surface area contributed by atoms with E-state index in [1.165, 1.54) is 6.42 Å². The van der Waals surface area contributed by atoms with Crippen LogP contribution in [-0.4, -0.2) is 53.0 Å². The number of aryl methyl sites for hydroxylation is 1. The summed E-state index contributed by atoms with van der Waals surface area (Å²) in [5.41, 5.74) is 0.347. The Balaban J connectivity index is 1.43. The van der Waals surface area contributed by atoms with Gasteiger partial charge in [0, 0.05) is 23.3 Å². The molecule has 3 aliphatic heterocycles. The summed E-state index contributed by atoms with van der Waals surface area (Å²) in [6.45, 7) is 11.0. The fourth-order valence-electron chi connectivity index (χ4n) is 6.85. The number of nitrogens with zero attached hydrogens (tertiary/aromatic N) is 1. The van der Waals surface area contributed by atoms with Crippen molar-refractivity contribution in [2.75, 3.05) is 11.9 Å². The van der Waals surface area contributed by atoms with Gasteiger partial charge in [-0.15, -0.1) is 0 Å². The standard InChI is InChI=1S/C30H40ClN3O4/c1-16(2)12-14-34-26(28(36)33-22-8-6-7-17(3)19(22)5)30-13-11-23(38-30)24(25(30)29(34)37)27(35)32-20-10-9-18(4)21(31)15-20/h9-11,13,15-17,19,22-26H,6-8,12,14H2,1-5H3,(H,32,35)(H,33,36)/t17-,19+,22+,23+,24-,25+,26+,30+/m0/s1. The molecule has 2 bridgehead atoms. The number of anilines is 1. The van der Waals surface area contributed by atoms with E-state index in [1.807, 2.05) is 25.1 Å². The summed E-state index contributed by atoms with van der Waals surface area (Å²) in [6.07, 6.45) is 7.12. The number of carbonyl (C=O) groups excluding carboxylic acids is 3. The molecule has 0 aromatic heterocycles. The quantitative estimate of drug-likeness (QED) is 0.489. The molecule has 7 nitrogen and oxygen atoms in total. The summed E-state index contributed by atoms with van der Waals surface area (Å²) in [5, 5.41) is 6.80. The molecule has 206 valence electrons. The van der Waals surface area contributed by atoms with E-state index in [2.05, 4.69) is 38.3 Å². The molecule has 3 fully saturated rings. The number of benzene rings is 1. The van der Waals surface area contributed by atoms with E-state index in [1.54, 1.807) is 17.0 Å². The van der Waals surface area contributed by atoms with Crippen LogP contribution in [0.4, 0.5) is 5.69 Å². The zero-order chi connectivity index (χ0) is 27.4. The molecule has 3 heterocycles. The van der Waals surface area contributed by atoms with Gasteiger partial charge in [0.2, 0.25) is 17.7 Å². The predicted molar refractivity (Wildman–Crippen MR) is 148 cm³/mol. The fraction of sp³-hybridized carbons (Fsp3) is 0.633. The lowest BCUT2D eigenvalue weighted by molar-refractivity contribution is -0.141. The van der Waals surface area contributed by atoms with E-state index in [0.717, 1.165) is 24.8 Å². The smallest absolute Gasteiger partial charge is 0.246 e. The molecule has 2 saturated heterocycles. The first kappa shape index (κ1) is 27.2. The van der Waals surface area contributed by atoms with Gasteiger partial charge in [0.25, 0.3) is 0 Å². The normalized spacial score (nSPS) is 35.6. The van der Waals surface area contributed by atoms with E-state index >= 15 is 0 Å². The number of nitrogens with one attached hydrogen (secondary N) is 2. The minimum Gasteiger partial charge on any atom is -0.359 e. The zero-order valence-corrected chi connectivity index (χ0v) is 23.8.